The third-order valence-electron chi connectivity index (χ3n) is 3.85. The van der Waals surface area contributed by atoms with Crippen LogP contribution in [0.2, 0.25) is 5.02 Å². The van der Waals surface area contributed by atoms with Gasteiger partial charge in [0.2, 0.25) is 0 Å². The van der Waals surface area contributed by atoms with E-state index in [4.69, 9.17) is 17.3 Å². The van der Waals surface area contributed by atoms with Gasteiger partial charge in [-0.1, -0.05) is 17.7 Å². The summed E-state index contributed by atoms with van der Waals surface area (Å²) >= 11 is 6.04. The second-order valence-corrected chi connectivity index (χ2v) is 5.91. The molecular formula is C16H13ClN4O. The first-order valence-corrected chi connectivity index (χ1v) is 7.46. The zero-order valence-electron chi connectivity index (χ0n) is 11.7. The van der Waals surface area contributed by atoms with Gasteiger partial charge in [0.25, 0.3) is 0 Å². The van der Waals surface area contributed by atoms with Gasteiger partial charge in [-0.3, -0.25) is 0 Å². The van der Waals surface area contributed by atoms with Crippen LogP contribution in [0.4, 0.5) is 5.82 Å². The molecule has 6 heteroatoms. The summed E-state index contributed by atoms with van der Waals surface area (Å²) in [5, 5.41) is 1.22. The van der Waals surface area contributed by atoms with Crippen LogP contribution >= 0.6 is 11.6 Å². The fraction of sp³-hybridized carbons (Fsp3) is 0.188. The monoisotopic (exact) mass is 312 g/mol. The number of nitrogens with two attached hydrogens (primary N) is 1. The van der Waals surface area contributed by atoms with Gasteiger partial charge in [0.1, 0.15) is 5.82 Å². The molecule has 1 aromatic carbocycles. The second-order valence-electron chi connectivity index (χ2n) is 5.48. The van der Waals surface area contributed by atoms with E-state index in [-0.39, 0.29) is 5.82 Å². The number of hydrogen-bond acceptors (Lipinski definition) is 4. The molecule has 1 aliphatic rings. The van der Waals surface area contributed by atoms with Gasteiger partial charge in [-0.2, -0.15) is 4.98 Å². The zero-order valence-corrected chi connectivity index (χ0v) is 12.4. The highest BCUT2D eigenvalue weighted by atomic mass is 35.5. The number of hydrogen-bond donors (Lipinski definition) is 1. The van der Waals surface area contributed by atoms with Crippen molar-refractivity contribution in [3.63, 3.8) is 0 Å². The highest BCUT2D eigenvalue weighted by Crippen LogP contribution is 2.39. The van der Waals surface area contributed by atoms with Crippen molar-refractivity contribution in [1.29, 1.82) is 0 Å². The summed E-state index contributed by atoms with van der Waals surface area (Å²) in [4.78, 5) is 20.9. The average molecular weight is 313 g/mol. The summed E-state index contributed by atoms with van der Waals surface area (Å²) in [5.74, 6) is 0.690. The standard InChI is InChI=1S/C16H13ClN4O/c17-10-2-1-3-11(8-10)21-15-12(14(18)20-16(21)22)6-7-13(19-15)9-4-5-9/h1-3,6-9H,4-5H2,(H2,18,20,22). The smallest absolute Gasteiger partial charge is 0.355 e. The molecule has 0 atom stereocenters. The fourth-order valence-corrected chi connectivity index (χ4v) is 2.78. The lowest BCUT2D eigenvalue weighted by Gasteiger charge is -2.11. The van der Waals surface area contributed by atoms with Crippen molar-refractivity contribution in [2.24, 2.45) is 0 Å². The van der Waals surface area contributed by atoms with Gasteiger partial charge in [0.05, 0.1) is 11.1 Å². The molecular weight excluding hydrogens is 300 g/mol. The Hall–Kier alpha value is -2.40. The van der Waals surface area contributed by atoms with Crippen LogP contribution in [-0.2, 0) is 0 Å². The largest absolute Gasteiger partial charge is 0.383 e. The van der Waals surface area contributed by atoms with Gasteiger partial charge in [0.15, 0.2) is 5.65 Å². The van der Waals surface area contributed by atoms with Gasteiger partial charge >= 0.3 is 5.69 Å². The summed E-state index contributed by atoms with van der Waals surface area (Å²) in [6, 6.07) is 10.9. The quantitative estimate of drug-likeness (QED) is 0.789. The number of rotatable bonds is 2. The molecule has 3 aromatic rings. The molecule has 5 nitrogen and oxygen atoms in total. The van der Waals surface area contributed by atoms with Crippen molar-refractivity contribution in [2.75, 3.05) is 5.73 Å². The molecule has 1 fully saturated rings. The lowest BCUT2D eigenvalue weighted by Crippen LogP contribution is -2.24. The molecule has 1 saturated carbocycles. The van der Waals surface area contributed by atoms with Crippen molar-refractivity contribution in [3.05, 3.63) is 57.6 Å². The molecule has 0 unspecified atom stereocenters. The molecule has 0 saturated heterocycles. The van der Waals surface area contributed by atoms with Crippen molar-refractivity contribution in [1.82, 2.24) is 14.5 Å². The summed E-state index contributed by atoms with van der Waals surface area (Å²) in [7, 11) is 0. The molecule has 22 heavy (non-hydrogen) atoms. The first-order valence-electron chi connectivity index (χ1n) is 7.08. The Bertz CT molecular complexity index is 947. The van der Waals surface area contributed by atoms with Crippen LogP contribution in [0, 0.1) is 0 Å². The number of aromatic nitrogens is 3. The third-order valence-corrected chi connectivity index (χ3v) is 4.09. The van der Waals surface area contributed by atoms with E-state index in [0.717, 1.165) is 18.5 Å². The molecule has 0 radical (unpaired) electrons. The summed E-state index contributed by atoms with van der Waals surface area (Å²) in [6.07, 6.45) is 2.28. The first-order chi connectivity index (χ1) is 10.6. The minimum Gasteiger partial charge on any atom is -0.383 e. The predicted octanol–water partition coefficient (Wildman–Crippen LogP) is 2.89. The van der Waals surface area contributed by atoms with Gasteiger partial charge in [-0.25, -0.2) is 14.3 Å². The van der Waals surface area contributed by atoms with Crippen molar-refractivity contribution < 1.29 is 0 Å². The fourth-order valence-electron chi connectivity index (χ4n) is 2.59. The van der Waals surface area contributed by atoms with E-state index in [0.29, 0.717) is 27.7 Å². The molecule has 2 heterocycles. The van der Waals surface area contributed by atoms with Crippen LogP contribution < -0.4 is 11.4 Å². The summed E-state index contributed by atoms with van der Waals surface area (Å²) in [6.45, 7) is 0. The van der Waals surface area contributed by atoms with E-state index < -0.39 is 5.69 Å². The average Bonchev–Trinajstić information content (AvgIpc) is 3.31. The van der Waals surface area contributed by atoms with Gasteiger partial charge in [-0.05, 0) is 43.2 Å². The van der Waals surface area contributed by atoms with Crippen molar-refractivity contribution in [3.8, 4) is 5.69 Å². The Morgan fingerprint density at radius 3 is 2.73 bits per heavy atom. The Morgan fingerprint density at radius 2 is 2.00 bits per heavy atom. The Balaban J connectivity index is 2.07. The SMILES string of the molecule is Nc1nc(=O)n(-c2cccc(Cl)c2)c2nc(C3CC3)ccc12. The maximum absolute atomic E-state index is 12.4. The van der Waals surface area contributed by atoms with Crippen LogP contribution in [0.25, 0.3) is 16.7 Å². The van der Waals surface area contributed by atoms with Crippen LogP contribution in [-0.4, -0.2) is 14.5 Å². The van der Waals surface area contributed by atoms with Gasteiger partial charge in [-0.15, -0.1) is 0 Å². The van der Waals surface area contributed by atoms with Crippen molar-refractivity contribution in [2.45, 2.75) is 18.8 Å². The maximum Gasteiger partial charge on any atom is 0.355 e. The van der Waals surface area contributed by atoms with Gasteiger partial charge < -0.3 is 5.73 Å². The highest BCUT2D eigenvalue weighted by molar-refractivity contribution is 6.30. The number of halogens is 1. The van der Waals surface area contributed by atoms with E-state index in [1.54, 1.807) is 24.3 Å². The van der Waals surface area contributed by atoms with E-state index in [1.807, 2.05) is 12.1 Å². The summed E-state index contributed by atoms with van der Waals surface area (Å²) in [5.41, 5.74) is 7.59. The Morgan fingerprint density at radius 1 is 1.18 bits per heavy atom. The topological polar surface area (TPSA) is 73.8 Å². The lowest BCUT2D eigenvalue weighted by molar-refractivity contribution is 0.927. The van der Waals surface area contributed by atoms with Crippen LogP contribution in [0.15, 0.2) is 41.2 Å². The first kappa shape index (κ1) is 13.3. The number of nitrogens with zero attached hydrogens (tertiary/aromatic N) is 3. The van der Waals surface area contributed by atoms with Crippen LogP contribution in [0.1, 0.15) is 24.5 Å². The molecule has 0 spiro atoms. The van der Waals surface area contributed by atoms with Crippen LogP contribution in [0.5, 0.6) is 0 Å². The molecule has 0 bridgehead atoms. The normalized spacial score (nSPS) is 14.4. The van der Waals surface area contributed by atoms with Gasteiger partial charge in [0, 0.05) is 16.6 Å². The third kappa shape index (κ3) is 2.14. The molecule has 1 aliphatic carbocycles. The highest BCUT2D eigenvalue weighted by Gasteiger charge is 2.26. The number of nitrogen functional groups attached to an aromatic ring is 1. The second kappa shape index (κ2) is 4.81. The molecule has 2 N–H and O–H groups in total. The number of anilines is 1. The molecule has 0 amide bonds. The zero-order chi connectivity index (χ0) is 15.3. The molecule has 2 aromatic heterocycles. The summed E-state index contributed by atoms with van der Waals surface area (Å²) < 4.78 is 1.46. The number of pyridine rings is 1. The van der Waals surface area contributed by atoms with E-state index in [1.165, 1.54) is 4.57 Å². The number of fused-ring (bicyclic) bond motifs is 1. The van der Waals surface area contributed by atoms with E-state index >= 15 is 0 Å². The number of benzene rings is 1. The minimum absolute atomic E-state index is 0.202. The van der Waals surface area contributed by atoms with E-state index in [2.05, 4.69) is 9.97 Å². The van der Waals surface area contributed by atoms with Crippen LogP contribution in [0.3, 0.4) is 0 Å². The predicted molar refractivity (Wildman–Crippen MR) is 86.5 cm³/mol. The molecule has 110 valence electrons. The molecule has 0 aliphatic heterocycles. The minimum atomic E-state index is -0.451. The lowest BCUT2D eigenvalue weighted by atomic mass is 10.2. The maximum atomic E-state index is 12.4. The van der Waals surface area contributed by atoms with Crippen molar-refractivity contribution >= 4 is 28.5 Å². The molecule has 4 rings (SSSR count). The Labute approximate surface area is 131 Å². The Kier molecular flexibility index (Phi) is 2.90. The van der Waals surface area contributed by atoms with E-state index in [9.17, 15) is 4.79 Å².